The number of rotatable bonds is 2. The van der Waals surface area contributed by atoms with Crippen molar-refractivity contribution < 1.29 is 9.90 Å². The lowest BCUT2D eigenvalue weighted by Gasteiger charge is -1.97. The topological polar surface area (TPSA) is 63.1 Å². The Hall–Kier alpha value is -1.46. The van der Waals surface area contributed by atoms with Gasteiger partial charge in [-0.25, -0.2) is 4.79 Å². The van der Waals surface area contributed by atoms with Crippen LogP contribution in [0, 0.1) is 0 Å². The predicted molar refractivity (Wildman–Crippen MR) is 57.3 cm³/mol. The van der Waals surface area contributed by atoms with Gasteiger partial charge in [0.15, 0.2) is 4.88 Å². The van der Waals surface area contributed by atoms with Crippen LogP contribution in [0.15, 0.2) is 24.3 Å². The number of aromatic carboxylic acids is 1. The third kappa shape index (κ3) is 1.98. The van der Waals surface area contributed by atoms with Crippen LogP contribution >= 0.6 is 23.1 Å². The summed E-state index contributed by atoms with van der Waals surface area (Å²) in [5.74, 6) is -1.03. The van der Waals surface area contributed by atoms with Crippen molar-refractivity contribution in [3.05, 3.63) is 34.2 Å². The van der Waals surface area contributed by atoms with Crippen molar-refractivity contribution in [2.75, 3.05) is 0 Å². The number of carboxylic acids is 1. The second-order valence-corrected chi connectivity index (χ2v) is 3.96. The lowest BCUT2D eigenvalue weighted by Crippen LogP contribution is -1.95. The molecule has 1 aromatic carbocycles. The van der Waals surface area contributed by atoms with Gasteiger partial charge in [-0.3, -0.25) is 0 Å². The fourth-order valence-electron chi connectivity index (χ4n) is 1.16. The first-order chi connectivity index (χ1) is 7.18. The highest BCUT2D eigenvalue weighted by molar-refractivity contribution is 7.08. The summed E-state index contributed by atoms with van der Waals surface area (Å²) in [7, 11) is 0. The van der Waals surface area contributed by atoms with Crippen molar-refractivity contribution in [1.29, 1.82) is 0 Å². The van der Waals surface area contributed by atoms with Crippen LogP contribution in [0.3, 0.4) is 0 Å². The van der Waals surface area contributed by atoms with E-state index in [4.69, 9.17) is 16.7 Å². The second-order valence-electron chi connectivity index (χ2n) is 2.77. The van der Waals surface area contributed by atoms with Crippen molar-refractivity contribution in [3.63, 3.8) is 0 Å². The summed E-state index contributed by atoms with van der Waals surface area (Å²) in [6.45, 7) is 0. The molecule has 4 nitrogen and oxygen atoms in total. The highest BCUT2D eigenvalue weighted by Crippen LogP contribution is 2.25. The van der Waals surface area contributed by atoms with E-state index in [1.54, 1.807) is 24.3 Å². The molecule has 0 radical (unpaired) electrons. The zero-order valence-corrected chi connectivity index (χ0v) is 8.92. The monoisotopic (exact) mass is 240 g/mol. The molecule has 0 saturated heterocycles. The maximum absolute atomic E-state index is 10.8. The number of carboxylic acid groups (broad SMARTS) is 1. The summed E-state index contributed by atoms with van der Waals surface area (Å²) in [6.07, 6.45) is 0. The average molecular weight is 241 g/mol. The quantitative estimate of drug-likeness (QED) is 0.876. The molecule has 0 spiro atoms. The smallest absolute Gasteiger partial charge is 0.349 e. The third-order valence-electron chi connectivity index (χ3n) is 1.78. The van der Waals surface area contributed by atoms with Crippen LogP contribution in [-0.4, -0.2) is 20.7 Å². The number of hydrogen-bond donors (Lipinski definition) is 1. The van der Waals surface area contributed by atoms with Gasteiger partial charge in [-0.2, -0.15) is 0 Å². The van der Waals surface area contributed by atoms with Crippen LogP contribution in [0.2, 0.25) is 5.02 Å². The van der Waals surface area contributed by atoms with Crippen LogP contribution in [0.5, 0.6) is 0 Å². The molecule has 6 heteroatoms. The molecule has 2 aromatic rings. The Morgan fingerprint density at radius 2 is 2.27 bits per heavy atom. The summed E-state index contributed by atoms with van der Waals surface area (Å²) >= 11 is 6.66. The molecule has 0 saturated carbocycles. The molecule has 15 heavy (non-hydrogen) atoms. The van der Waals surface area contributed by atoms with E-state index in [0.29, 0.717) is 16.3 Å². The molecule has 1 N–H and O–H groups in total. The van der Waals surface area contributed by atoms with Gasteiger partial charge < -0.3 is 5.11 Å². The minimum atomic E-state index is -1.03. The zero-order chi connectivity index (χ0) is 10.8. The van der Waals surface area contributed by atoms with Gasteiger partial charge in [0.2, 0.25) is 0 Å². The summed E-state index contributed by atoms with van der Waals surface area (Å²) < 4.78 is 3.62. The average Bonchev–Trinajstić information content (AvgIpc) is 2.65. The zero-order valence-electron chi connectivity index (χ0n) is 7.35. The Bertz CT molecular complexity index is 512. The first-order valence-electron chi connectivity index (χ1n) is 4.00. The highest BCUT2D eigenvalue weighted by Gasteiger charge is 2.16. The molecule has 76 valence electrons. The number of aromatic nitrogens is 2. The first kappa shape index (κ1) is 10.1. The van der Waals surface area contributed by atoms with Crippen molar-refractivity contribution in [2.45, 2.75) is 0 Å². The number of carbonyl (C=O) groups is 1. The molecular weight excluding hydrogens is 236 g/mol. The maximum Gasteiger partial charge on any atom is 0.349 e. The normalized spacial score (nSPS) is 10.2. The minimum absolute atomic E-state index is 0.122. The van der Waals surface area contributed by atoms with Crippen LogP contribution in [0.1, 0.15) is 9.67 Å². The van der Waals surface area contributed by atoms with E-state index < -0.39 is 5.97 Å². The maximum atomic E-state index is 10.8. The number of halogens is 1. The van der Waals surface area contributed by atoms with Crippen LogP contribution in [0.25, 0.3) is 11.3 Å². The lowest BCUT2D eigenvalue weighted by molar-refractivity contribution is 0.0702. The van der Waals surface area contributed by atoms with Gasteiger partial charge in [0.05, 0.1) is 0 Å². The molecule has 0 aliphatic carbocycles. The Balaban J connectivity index is 2.54. The Morgan fingerprint density at radius 1 is 1.47 bits per heavy atom. The fourth-order valence-corrected chi connectivity index (χ4v) is 1.87. The van der Waals surface area contributed by atoms with Gasteiger partial charge in [-0.15, -0.1) is 5.10 Å². The molecule has 1 heterocycles. The molecular formula is C9H5ClN2O2S. The van der Waals surface area contributed by atoms with E-state index in [-0.39, 0.29) is 4.88 Å². The Morgan fingerprint density at radius 3 is 2.93 bits per heavy atom. The van der Waals surface area contributed by atoms with Crippen molar-refractivity contribution >= 4 is 29.1 Å². The van der Waals surface area contributed by atoms with Gasteiger partial charge in [-0.05, 0) is 23.7 Å². The van der Waals surface area contributed by atoms with Crippen molar-refractivity contribution in [1.82, 2.24) is 9.59 Å². The van der Waals surface area contributed by atoms with Crippen LogP contribution < -0.4 is 0 Å². The van der Waals surface area contributed by atoms with Gasteiger partial charge in [0.25, 0.3) is 0 Å². The van der Waals surface area contributed by atoms with E-state index in [0.717, 1.165) is 11.5 Å². The van der Waals surface area contributed by atoms with Crippen molar-refractivity contribution in [2.24, 2.45) is 0 Å². The molecule has 2 rings (SSSR count). The number of hydrogen-bond acceptors (Lipinski definition) is 4. The summed E-state index contributed by atoms with van der Waals surface area (Å²) in [6, 6.07) is 6.85. The second kappa shape index (κ2) is 3.96. The largest absolute Gasteiger partial charge is 0.477 e. The minimum Gasteiger partial charge on any atom is -0.477 e. The van der Waals surface area contributed by atoms with Gasteiger partial charge in [-0.1, -0.05) is 28.2 Å². The molecule has 0 fully saturated rings. The summed E-state index contributed by atoms with van der Waals surface area (Å²) in [4.78, 5) is 11.0. The Kier molecular flexibility index (Phi) is 2.66. The van der Waals surface area contributed by atoms with E-state index in [1.807, 2.05) is 0 Å². The molecule has 0 unspecified atom stereocenters. The first-order valence-corrected chi connectivity index (χ1v) is 5.15. The predicted octanol–water partition coefficient (Wildman–Crippen LogP) is 2.56. The molecule has 1 aromatic heterocycles. The Labute approximate surface area is 94.3 Å². The van der Waals surface area contributed by atoms with E-state index in [9.17, 15) is 4.79 Å². The molecule has 0 bridgehead atoms. The summed E-state index contributed by atoms with van der Waals surface area (Å²) in [5, 5.41) is 13.2. The molecule has 0 aliphatic rings. The lowest BCUT2D eigenvalue weighted by atomic mass is 10.1. The van der Waals surface area contributed by atoms with Gasteiger partial charge in [0, 0.05) is 10.6 Å². The molecule has 0 amide bonds. The fraction of sp³-hybridized carbons (Fsp3) is 0. The SMILES string of the molecule is O=C(O)c1snnc1-c1cccc(Cl)c1. The van der Waals surface area contributed by atoms with Gasteiger partial charge >= 0.3 is 5.97 Å². The standard InChI is InChI=1S/C9H5ClN2O2S/c10-6-3-1-2-5(4-6)7-8(9(13)14)15-12-11-7/h1-4H,(H,13,14). The third-order valence-corrected chi connectivity index (χ3v) is 2.73. The van der Waals surface area contributed by atoms with Gasteiger partial charge in [0.1, 0.15) is 5.69 Å². The number of nitrogens with zero attached hydrogens (tertiary/aromatic N) is 2. The highest BCUT2D eigenvalue weighted by atomic mass is 35.5. The number of benzene rings is 1. The van der Waals surface area contributed by atoms with E-state index in [1.165, 1.54) is 0 Å². The van der Waals surface area contributed by atoms with Crippen LogP contribution in [0.4, 0.5) is 0 Å². The van der Waals surface area contributed by atoms with Crippen LogP contribution in [-0.2, 0) is 0 Å². The molecule has 0 aliphatic heterocycles. The molecule has 0 atom stereocenters. The van der Waals surface area contributed by atoms with E-state index >= 15 is 0 Å². The summed E-state index contributed by atoms with van der Waals surface area (Å²) in [5.41, 5.74) is 1.02. The van der Waals surface area contributed by atoms with E-state index in [2.05, 4.69) is 9.59 Å². The van der Waals surface area contributed by atoms with Crippen molar-refractivity contribution in [3.8, 4) is 11.3 Å².